The molecule has 0 aromatic carbocycles. The quantitative estimate of drug-likeness (QED) is 0.783. The maximum absolute atomic E-state index is 12.4. The summed E-state index contributed by atoms with van der Waals surface area (Å²) < 4.78 is 0. The Hall–Kier alpha value is -0.280. The first kappa shape index (κ1) is 14.8. The zero-order valence-corrected chi connectivity index (χ0v) is 12.0. The van der Waals surface area contributed by atoms with Crippen molar-refractivity contribution in [3.8, 4) is 0 Å². The van der Waals surface area contributed by atoms with Crippen LogP contribution in [0.15, 0.2) is 0 Å². The van der Waals surface area contributed by atoms with Crippen molar-refractivity contribution >= 4 is 18.3 Å². The molecule has 0 spiro atoms. The number of hydrogen-bond donors (Lipinski definition) is 1. The number of hydrogen-bond acceptors (Lipinski definition) is 2. The van der Waals surface area contributed by atoms with Crippen LogP contribution in [0.3, 0.4) is 0 Å². The van der Waals surface area contributed by atoms with Gasteiger partial charge in [0.05, 0.1) is 5.41 Å². The predicted molar refractivity (Wildman–Crippen MR) is 72.4 cm³/mol. The van der Waals surface area contributed by atoms with E-state index in [0.717, 1.165) is 45.4 Å². The molecule has 2 heterocycles. The van der Waals surface area contributed by atoms with Crippen molar-refractivity contribution in [3.63, 3.8) is 0 Å². The lowest BCUT2D eigenvalue weighted by Gasteiger charge is -2.40. The molecule has 3 nitrogen and oxygen atoms in total. The molecule has 17 heavy (non-hydrogen) atoms. The zero-order valence-electron chi connectivity index (χ0n) is 11.2. The summed E-state index contributed by atoms with van der Waals surface area (Å²) >= 11 is 0. The van der Waals surface area contributed by atoms with Crippen LogP contribution in [0.4, 0.5) is 0 Å². The zero-order chi connectivity index (χ0) is 11.8. The van der Waals surface area contributed by atoms with Crippen molar-refractivity contribution in [2.24, 2.45) is 10.8 Å². The highest BCUT2D eigenvalue weighted by molar-refractivity contribution is 5.85. The van der Waals surface area contributed by atoms with Crippen molar-refractivity contribution in [1.82, 2.24) is 10.2 Å². The maximum Gasteiger partial charge on any atom is 0.229 e. The molecule has 0 radical (unpaired) electrons. The Bertz CT molecular complexity index is 275. The minimum absolute atomic E-state index is 0. The second-order valence-electron chi connectivity index (χ2n) is 6.44. The predicted octanol–water partition coefficient (Wildman–Crippen LogP) is 2.06. The van der Waals surface area contributed by atoms with E-state index in [4.69, 9.17) is 0 Å². The van der Waals surface area contributed by atoms with E-state index in [2.05, 4.69) is 31.0 Å². The molecule has 1 amide bonds. The van der Waals surface area contributed by atoms with Crippen LogP contribution >= 0.6 is 12.4 Å². The molecule has 4 heteroatoms. The van der Waals surface area contributed by atoms with Gasteiger partial charge in [-0.3, -0.25) is 4.79 Å². The first-order chi connectivity index (χ1) is 7.43. The fourth-order valence-corrected chi connectivity index (χ4v) is 2.70. The number of rotatable bonds is 1. The first-order valence-corrected chi connectivity index (χ1v) is 6.43. The highest BCUT2D eigenvalue weighted by Gasteiger charge is 2.40. The average Bonchev–Trinajstić information content (AvgIpc) is 2.66. The molecule has 0 aliphatic carbocycles. The van der Waals surface area contributed by atoms with E-state index in [-0.39, 0.29) is 17.8 Å². The highest BCUT2D eigenvalue weighted by Crippen LogP contribution is 2.33. The second-order valence-corrected chi connectivity index (χ2v) is 6.44. The molecule has 2 aliphatic heterocycles. The van der Waals surface area contributed by atoms with Gasteiger partial charge < -0.3 is 10.2 Å². The molecule has 0 bridgehead atoms. The van der Waals surface area contributed by atoms with Crippen molar-refractivity contribution in [3.05, 3.63) is 0 Å². The van der Waals surface area contributed by atoms with Gasteiger partial charge in [-0.1, -0.05) is 13.8 Å². The molecule has 1 N–H and O–H groups in total. The molecule has 1 atom stereocenters. The molecule has 0 saturated carbocycles. The van der Waals surface area contributed by atoms with E-state index < -0.39 is 0 Å². The molecule has 2 rings (SSSR count). The number of likely N-dealkylation sites (tertiary alicyclic amines) is 1. The molecule has 0 aromatic rings. The number of halogens is 1. The van der Waals surface area contributed by atoms with Crippen LogP contribution in [0.5, 0.6) is 0 Å². The molecule has 0 aromatic heterocycles. The summed E-state index contributed by atoms with van der Waals surface area (Å²) in [6, 6.07) is 0. The van der Waals surface area contributed by atoms with E-state index >= 15 is 0 Å². The third-order valence-corrected chi connectivity index (χ3v) is 4.29. The van der Waals surface area contributed by atoms with Crippen LogP contribution in [0.2, 0.25) is 0 Å². The van der Waals surface area contributed by atoms with E-state index in [9.17, 15) is 4.79 Å². The number of carbonyl (C=O) groups excluding carboxylic acids is 1. The summed E-state index contributed by atoms with van der Waals surface area (Å²) in [6.07, 6.45) is 3.27. The van der Waals surface area contributed by atoms with Gasteiger partial charge in [-0.15, -0.1) is 12.4 Å². The van der Waals surface area contributed by atoms with Gasteiger partial charge in [-0.25, -0.2) is 0 Å². The molecule has 2 aliphatic rings. The minimum Gasteiger partial charge on any atom is -0.342 e. The Labute approximate surface area is 111 Å². The molecule has 1 unspecified atom stereocenters. The first-order valence-electron chi connectivity index (χ1n) is 6.43. The molecule has 2 fully saturated rings. The van der Waals surface area contributed by atoms with Gasteiger partial charge in [0, 0.05) is 19.6 Å². The number of carbonyl (C=O) groups is 1. The lowest BCUT2D eigenvalue weighted by atomic mass is 9.81. The summed E-state index contributed by atoms with van der Waals surface area (Å²) in [4.78, 5) is 14.5. The third kappa shape index (κ3) is 3.14. The summed E-state index contributed by atoms with van der Waals surface area (Å²) in [5, 5.41) is 3.30. The smallest absolute Gasteiger partial charge is 0.229 e. The Morgan fingerprint density at radius 3 is 2.18 bits per heavy atom. The minimum atomic E-state index is -0.137. The number of amides is 1. The second kappa shape index (κ2) is 5.15. The van der Waals surface area contributed by atoms with Crippen LogP contribution in [0, 0.1) is 10.8 Å². The summed E-state index contributed by atoms with van der Waals surface area (Å²) in [7, 11) is 0. The van der Waals surface area contributed by atoms with E-state index in [1.807, 2.05) is 0 Å². The third-order valence-electron chi connectivity index (χ3n) is 4.29. The van der Waals surface area contributed by atoms with Gasteiger partial charge in [0.1, 0.15) is 0 Å². The van der Waals surface area contributed by atoms with Gasteiger partial charge in [0.25, 0.3) is 0 Å². The Morgan fingerprint density at radius 1 is 1.12 bits per heavy atom. The van der Waals surface area contributed by atoms with Crippen molar-refractivity contribution < 1.29 is 4.79 Å². The van der Waals surface area contributed by atoms with Gasteiger partial charge >= 0.3 is 0 Å². The summed E-state index contributed by atoms with van der Waals surface area (Å²) in [5.41, 5.74) is 0.285. The fraction of sp³-hybridized carbons (Fsp3) is 0.923. The lowest BCUT2D eigenvalue weighted by Crippen LogP contribution is -2.48. The van der Waals surface area contributed by atoms with Gasteiger partial charge in [-0.05, 0) is 38.1 Å². The van der Waals surface area contributed by atoms with Gasteiger partial charge in [0.15, 0.2) is 0 Å². The fourth-order valence-electron chi connectivity index (χ4n) is 2.70. The number of nitrogens with zero attached hydrogens (tertiary/aromatic N) is 1. The highest BCUT2D eigenvalue weighted by atomic mass is 35.5. The standard InChI is InChI=1S/C13H24N2O.ClH/c1-12(2)5-8-15(9-6-12)11(16)13(3)4-7-14-10-13;/h14H,4-10H2,1-3H3;1H. The topological polar surface area (TPSA) is 32.3 Å². The van der Waals surface area contributed by atoms with E-state index in [0.29, 0.717) is 11.3 Å². The molecule has 2 saturated heterocycles. The van der Waals surface area contributed by atoms with Crippen LogP contribution in [0.25, 0.3) is 0 Å². The number of piperidine rings is 1. The molecular weight excluding hydrogens is 236 g/mol. The molecule has 100 valence electrons. The van der Waals surface area contributed by atoms with E-state index in [1.165, 1.54) is 0 Å². The Morgan fingerprint density at radius 2 is 1.71 bits per heavy atom. The van der Waals surface area contributed by atoms with Crippen molar-refractivity contribution in [2.75, 3.05) is 26.2 Å². The largest absolute Gasteiger partial charge is 0.342 e. The van der Waals surface area contributed by atoms with Crippen LogP contribution < -0.4 is 5.32 Å². The Kier molecular flexibility index (Phi) is 4.48. The maximum atomic E-state index is 12.4. The van der Waals surface area contributed by atoms with Crippen molar-refractivity contribution in [1.29, 1.82) is 0 Å². The Balaban J connectivity index is 0.00000144. The van der Waals surface area contributed by atoms with Crippen molar-refractivity contribution in [2.45, 2.75) is 40.0 Å². The van der Waals surface area contributed by atoms with Crippen LogP contribution in [-0.2, 0) is 4.79 Å². The summed E-state index contributed by atoms with van der Waals surface area (Å²) in [5.74, 6) is 0.369. The van der Waals surface area contributed by atoms with Crippen LogP contribution in [0.1, 0.15) is 40.0 Å². The normalized spacial score (nSPS) is 32.1. The van der Waals surface area contributed by atoms with Gasteiger partial charge in [0.2, 0.25) is 5.91 Å². The summed E-state index contributed by atoms with van der Waals surface area (Å²) in [6.45, 7) is 10.4. The SMILES string of the molecule is CC1(C)CCN(C(=O)C2(C)CCNC2)CC1.Cl. The number of nitrogens with one attached hydrogen (secondary N) is 1. The van der Waals surface area contributed by atoms with Gasteiger partial charge in [-0.2, -0.15) is 0 Å². The lowest BCUT2D eigenvalue weighted by molar-refractivity contribution is -0.142. The molecular formula is C13H25ClN2O. The van der Waals surface area contributed by atoms with Crippen LogP contribution in [-0.4, -0.2) is 37.0 Å². The monoisotopic (exact) mass is 260 g/mol. The average molecular weight is 261 g/mol. The van der Waals surface area contributed by atoms with E-state index in [1.54, 1.807) is 0 Å².